The minimum absolute atomic E-state index is 0.00774. The van der Waals surface area contributed by atoms with Gasteiger partial charge < -0.3 is 54.5 Å². The van der Waals surface area contributed by atoms with Crippen molar-refractivity contribution in [3.8, 4) is 0 Å². The molecule has 0 atom stereocenters. The van der Waals surface area contributed by atoms with E-state index in [1.165, 1.54) is 6.92 Å². The van der Waals surface area contributed by atoms with E-state index in [0.29, 0.717) is 42.3 Å². The number of carbonyl (C=O) groups is 1. The first kappa shape index (κ1) is 32.8. The molecule has 14 nitrogen and oxygen atoms in total. The summed E-state index contributed by atoms with van der Waals surface area (Å²) in [6.07, 6.45) is 1.55. The van der Waals surface area contributed by atoms with Gasteiger partial charge in [0.1, 0.15) is 0 Å². The van der Waals surface area contributed by atoms with Crippen LogP contribution in [0.2, 0.25) is 48.4 Å². The summed E-state index contributed by atoms with van der Waals surface area (Å²) in [6.45, 7) is 15.0. The van der Waals surface area contributed by atoms with Gasteiger partial charge in [0.15, 0.2) is 0 Å². The molecule has 6 fully saturated rings. The Morgan fingerprint density at radius 2 is 0.659 bits per heavy atom. The molecule has 234 valence electrons. The molecule has 0 unspecified atom stereocenters. The van der Waals surface area contributed by atoms with Gasteiger partial charge in [-0.25, -0.2) is 4.79 Å². The predicted octanol–water partition coefficient (Wildman–Crippen LogP) is 3.94. The summed E-state index contributed by atoms with van der Waals surface area (Å²) in [5, 5.41) is 9.65. The molecule has 0 aliphatic carbocycles. The van der Waals surface area contributed by atoms with E-state index < -0.39 is 76.4 Å². The standard InChI is InChI=1S/C19H42O14Si8/c1-9-34-22-35(10-2)25-38(13-5)27-36(11-3,23-34)29-40(15-7)30-37(12-4,24-34)28-39(14-6,26-35)32-41(31-38,33-40)17-16-18(8)19(20)21/h16H,9-15,17H2,1-8H3,(H,20,21). The highest BCUT2D eigenvalue weighted by Crippen LogP contribution is 2.53. The van der Waals surface area contributed by atoms with Crippen molar-refractivity contribution in [1.29, 1.82) is 0 Å². The Kier molecular flexibility index (Phi) is 8.87. The third kappa shape index (κ3) is 5.59. The zero-order chi connectivity index (χ0) is 30.0. The largest absolute Gasteiger partial charge is 0.482 e. The van der Waals surface area contributed by atoms with Crippen LogP contribution in [0.1, 0.15) is 55.4 Å². The molecule has 0 saturated carbocycles. The van der Waals surface area contributed by atoms with Crippen LogP contribution >= 0.6 is 0 Å². The van der Waals surface area contributed by atoms with Crippen LogP contribution in [0.15, 0.2) is 11.6 Å². The van der Waals surface area contributed by atoms with Crippen LogP contribution in [-0.2, 0) is 54.2 Å². The van der Waals surface area contributed by atoms with Gasteiger partial charge in [-0.1, -0.05) is 54.5 Å². The fourth-order valence-corrected chi connectivity index (χ4v) is 54.8. The molecule has 41 heavy (non-hydrogen) atoms. The van der Waals surface area contributed by atoms with Gasteiger partial charge in [-0.2, -0.15) is 0 Å². The van der Waals surface area contributed by atoms with Crippen LogP contribution in [0.3, 0.4) is 0 Å². The first-order chi connectivity index (χ1) is 19.2. The van der Waals surface area contributed by atoms with Crippen LogP contribution in [0, 0.1) is 0 Å². The van der Waals surface area contributed by atoms with E-state index in [9.17, 15) is 9.90 Å². The quantitative estimate of drug-likeness (QED) is 0.257. The maximum atomic E-state index is 11.8. The average molecular weight is 719 g/mol. The second-order valence-electron chi connectivity index (χ2n) is 10.6. The van der Waals surface area contributed by atoms with Crippen molar-refractivity contribution in [3.05, 3.63) is 11.6 Å². The maximum Gasteiger partial charge on any atom is 0.482 e. The molecular weight excluding hydrogens is 677 g/mol. The number of hydrogen-bond donors (Lipinski definition) is 1. The molecule has 6 aliphatic rings. The van der Waals surface area contributed by atoms with E-state index >= 15 is 0 Å². The zero-order valence-corrected chi connectivity index (χ0v) is 33.0. The van der Waals surface area contributed by atoms with Crippen molar-refractivity contribution >= 4 is 76.4 Å². The molecule has 0 spiro atoms. The Labute approximate surface area is 250 Å². The van der Waals surface area contributed by atoms with Crippen molar-refractivity contribution < 1.29 is 59.3 Å². The molecule has 8 bridgehead atoms. The molecule has 0 aromatic rings. The summed E-state index contributed by atoms with van der Waals surface area (Å²) in [7, 11) is -30.0. The normalized spacial score (nSPS) is 49.2. The van der Waals surface area contributed by atoms with Gasteiger partial charge in [-0.3, -0.25) is 0 Å². The van der Waals surface area contributed by atoms with E-state index in [1.54, 1.807) is 6.08 Å². The predicted molar refractivity (Wildman–Crippen MR) is 159 cm³/mol. The SMILES string of the molecule is CC[Si]12O[Si]3(CC)O[Si]4(CC)O[Si](CC)(O1)O[Si]1(CC)O[Si](CC)(O2)O[Si](CC)(O3)O[Si](CC=C(C)C(=O)O)(O4)O1. The molecule has 6 heterocycles. The van der Waals surface area contributed by atoms with E-state index in [2.05, 4.69) is 0 Å². The zero-order valence-electron chi connectivity index (χ0n) is 25.0. The molecule has 6 aliphatic heterocycles. The number of rotatable bonds is 10. The summed E-state index contributed by atoms with van der Waals surface area (Å²) in [4.78, 5) is 11.8. The van der Waals surface area contributed by atoms with Gasteiger partial charge in [0.05, 0.1) is 0 Å². The number of allylic oxidation sites excluding steroid dienone is 1. The van der Waals surface area contributed by atoms with Crippen molar-refractivity contribution in [2.75, 3.05) is 0 Å². The first-order valence-electron chi connectivity index (χ1n) is 14.6. The smallest absolute Gasteiger partial charge is 0.478 e. The van der Waals surface area contributed by atoms with Gasteiger partial charge in [-0.05, 0) is 6.92 Å². The minimum Gasteiger partial charge on any atom is -0.478 e. The fraction of sp³-hybridized carbons (Fsp3) is 0.842. The minimum atomic E-state index is -4.00. The molecule has 6 saturated heterocycles. The van der Waals surface area contributed by atoms with Crippen molar-refractivity contribution in [1.82, 2.24) is 0 Å². The molecule has 1 N–H and O–H groups in total. The van der Waals surface area contributed by atoms with Crippen molar-refractivity contribution in [2.45, 2.75) is 104 Å². The topological polar surface area (TPSA) is 148 Å². The Balaban J connectivity index is 1.85. The molecule has 0 aromatic heterocycles. The Morgan fingerprint density at radius 3 is 0.829 bits per heavy atom. The van der Waals surface area contributed by atoms with Crippen LogP contribution in [0.5, 0.6) is 0 Å². The molecule has 0 radical (unpaired) electrons. The van der Waals surface area contributed by atoms with Gasteiger partial charge in [0.2, 0.25) is 0 Å². The second-order valence-corrected chi connectivity index (χ2v) is 36.6. The number of hydrogen-bond acceptors (Lipinski definition) is 13. The van der Waals surface area contributed by atoms with E-state index in [4.69, 9.17) is 49.4 Å². The highest BCUT2D eigenvalue weighted by molar-refractivity contribution is 7.03. The summed E-state index contributed by atoms with van der Waals surface area (Å²) in [6, 6.07) is 2.53. The van der Waals surface area contributed by atoms with Gasteiger partial charge in [0.25, 0.3) is 0 Å². The number of aliphatic carboxylic acids is 1. The van der Waals surface area contributed by atoms with E-state index in [-0.39, 0.29) is 11.6 Å². The summed E-state index contributed by atoms with van der Waals surface area (Å²) < 4.78 is 84.3. The van der Waals surface area contributed by atoms with E-state index in [0.717, 1.165) is 0 Å². The molecule has 22 heteroatoms. The van der Waals surface area contributed by atoms with Crippen LogP contribution < -0.4 is 0 Å². The number of carboxylic acids is 1. The van der Waals surface area contributed by atoms with Gasteiger partial charge in [0, 0.05) is 53.9 Å². The Hall–Kier alpha value is 0.465. The summed E-state index contributed by atoms with van der Waals surface area (Å²) in [5.41, 5.74) is 0.119. The fourth-order valence-electron chi connectivity index (χ4n) is 5.35. The summed E-state index contributed by atoms with van der Waals surface area (Å²) >= 11 is 0. The lowest BCUT2D eigenvalue weighted by Crippen LogP contribution is -2.88. The van der Waals surface area contributed by atoms with Crippen molar-refractivity contribution in [2.24, 2.45) is 0 Å². The Morgan fingerprint density at radius 1 is 0.463 bits per heavy atom. The maximum absolute atomic E-state index is 11.8. The average Bonchev–Trinajstić information content (AvgIpc) is 2.90. The van der Waals surface area contributed by atoms with Gasteiger partial charge >= 0.3 is 76.4 Å². The van der Waals surface area contributed by atoms with E-state index in [1.807, 2.05) is 48.5 Å². The summed E-state index contributed by atoms with van der Waals surface area (Å²) in [5.74, 6) is -1.06. The second kappa shape index (κ2) is 11.1. The lowest BCUT2D eigenvalue weighted by atomic mass is 10.3. The Bertz CT molecular complexity index is 960. The molecule has 6 rings (SSSR count). The monoisotopic (exact) mass is 718 g/mol. The third-order valence-electron chi connectivity index (χ3n) is 7.76. The lowest BCUT2D eigenvalue weighted by molar-refractivity contribution is -0.132. The molecular formula is C19H42O14Si8. The molecule has 0 aromatic carbocycles. The first-order valence-corrected chi connectivity index (χ1v) is 30.0. The van der Waals surface area contributed by atoms with Crippen LogP contribution in [0.25, 0.3) is 0 Å². The molecule has 0 amide bonds. The highest BCUT2D eigenvalue weighted by atomic mass is 28.6. The number of carboxylic acid groups (broad SMARTS) is 1. The third-order valence-corrected chi connectivity index (χ3v) is 44.4. The van der Waals surface area contributed by atoms with Crippen LogP contribution in [0.4, 0.5) is 0 Å². The van der Waals surface area contributed by atoms with Gasteiger partial charge in [-0.15, -0.1) is 0 Å². The highest BCUT2D eigenvalue weighted by Gasteiger charge is 2.81. The lowest BCUT2D eigenvalue weighted by Gasteiger charge is -2.62. The van der Waals surface area contributed by atoms with Crippen LogP contribution in [-0.4, -0.2) is 81.5 Å². The van der Waals surface area contributed by atoms with Crippen molar-refractivity contribution in [3.63, 3.8) is 0 Å².